The fourth-order valence-electron chi connectivity index (χ4n) is 2.98. The van der Waals surface area contributed by atoms with E-state index in [1.807, 2.05) is 0 Å². The summed E-state index contributed by atoms with van der Waals surface area (Å²) in [7, 11) is 0. The average Bonchev–Trinajstić information content (AvgIpc) is 2.58. The molecular weight excluding hydrogens is 291 g/mol. The molecule has 0 bridgehead atoms. The third-order valence-corrected chi connectivity index (χ3v) is 4.23. The number of hydrogen-bond acceptors (Lipinski definition) is 2. The Kier molecular flexibility index (Phi) is 5.03. The Labute approximate surface area is 136 Å². The fraction of sp³-hybridized carbons (Fsp3) is 0.316. The summed E-state index contributed by atoms with van der Waals surface area (Å²) in [5.74, 6) is -0.599. The molecular formula is C19H21FN2O. The van der Waals surface area contributed by atoms with Gasteiger partial charge in [-0.05, 0) is 42.2 Å². The van der Waals surface area contributed by atoms with Crippen molar-refractivity contribution in [3.63, 3.8) is 0 Å². The Morgan fingerprint density at radius 2 is 1.96 bits per heavy atom. The molecule has 120 valence electrons. The van der Waals surface area contributed by atoms with E-state index in [9.17, 15) is 9.18 Å². The lowest BCUT2D eigenvalue weighted by atomic mass is 10.00. The van der Waals surface area contributed by atoms with Gasteiger partial charge < -0.3 is 5.32 Å². The highest BCUT2D eigenvalue weighted by Crippen LogP contribution is 2.18. The van der Waals surface area contributed by atoms with Crippen LogP contribution in [0.3, 0.4) is 0 Å². The van der Waals surface area contributed by atoms with Crippen molar-refractivity contribution in [2.24, 2.45) is 0 Å². The molecule has 0 aromatic heterocycles. The van der Waals surface area contributed by atoms with Crippen LogP contribution in [0.4, 0.5) is 4.39 Å². The maximum Gasteiger partial charge on any atom is 0.251 e. The summed E-state index contributed by atoms with van der Waals surface area (Å²) in [6, 6.07) is 14.3. The molecule has 2 aromatic rings. The summed E-state index contributed by atoms with van der Waals surface area (Å²) >= 11 is 0. The van der Waals surface area contributed by atoms with Gasteiger partial charge in [-0.15, -0.1) is 0 Å². The molecule has 3 nitrogen and oxygen atoms in total. The molecule has 1 aliphatic heterocycles. The van der Waals surface area contributed by atoms with Gasteiger partial charge in [0.05, 0.1) is 0 Å². The Balaban J connectivity index is 1.41. The lowest BCUT2D eigenvalue weighted by Crippen LogP contribution is -2.33. The number of nitrogens with one attached hydrogen (secondary N) is 1. The van der Waals surface area contributed by atoms with Crippen molar-refractivity contribution in [2.45, 2.75) is 19.4 Å². The van der Waals surface area contributed by atoms with E-state index in [1.165, 1.54) is 23.3 Å². The minimum Gasteiger partial charge on any atom is -0.352 e. The summed E-state index contributed by atoms with van der Waals surface area (Å²) < 4.78 is 13.1. The van der Waals surface area contributed by atoms with Crippen molar-refractivity contribution in [3.8, 4) is 0 Å². The summed E-state index contributed by atoms with van der Waals surface area (Å²) in [6.07, 6.45) is 1.98. The Morgan fingerprint density at radius 1 is 1.13 bits per heavy atom. The fourth-order valence-corrected chi connectivity index (χ4v) is 2.98. The molecule has 0 spiro atoms. The molecule has 1 amide bonds. The van der Waals surface area contributed by atoms with E-state index in [2.05, 4.69) is 34.5 Å². The zero-order valence-corrected chi connectivity index (χ0v) is 13.1. The van der Waals surface area contributed by atoms with Crippen LogP contribution in [-0.2, 0) is 13.0 Å². The first-order chi connectivity index (χ1) is 11.2. The molecule has 1 aliphatic rings. The molecule has 0 radical (unpaired) electrons. The average molecular weight is 312 g/mol. The van der Waals surface area contributed by atoms with Gasteiger partial charge in [-0.25, -0.2) is 4.39 Å². The van der Waals surface area contributed by atoms with Crippen LogP contribution in [0.15, 0.2) is 48.5 Å². The van der Waals surface area contributed by atoms with Gasteiger partial charge in [-0.3, -0.25) is 9.69 Å². The van der Waals surface area contributed by atoms with Crippen molar-refractivity contribution >= 4 is 5.91 Å². The van der Waals surface area contributed by atoms with Crippen molar-refractivity contribution in [3.05, 3.63) is 71.0 Å². The topological polar surface area (TPSA) is 32.3 Å². The summed E-state index contributed by atoms with van der Waals surface area (Å²) in [5.41, 5.74) is 3.22. The van der Waals surface area contributed by atoms with Crippen LogP contribution in [0.1, 0.15) is 27.9 Å². The van der Waals surface area contributed by atoms with Gasteiger partial charge in [0.25, 0.3) is 5.91 Å². The third-order valence-electron chi connectivity index (χ3n) is 4.23. The molecule has 0 saturated carbocycles. The van der Waals surface area contributed by atoms with Crippen molar-refractivity contribution < 1.29 is 9.18 Å². The third kappa shape index (κ3) is 4.17. The lowest BCUT2D eigenvalue weighted by molar-refractivity contribution is 0.0951. The lowest BCUT2D eigenvalue weighted by Gasteiger charge is -2.28. The van der Waals surface area contributed by atoms with E-state index in [0.717, 1.165) is 32.5 Å². The predicted octanol–water partition coefficient (Wildman–Crippen LogP) is 3.00. The Hall–Kier alpha value is -2.20. The van der Waals surface area contributed by atoms with Crippen molar-refractivity contribution in [1.82, 2.24) is 10.2 Å². The Bertz CT molecular complexity index is 687. The minimum atomic E-state index is -0.385. The van der Waals surface area contributed by atoms with Crippen LogP contribution in [0.25, 0.3) is 0 Å². The molecule has 3 rings (SSSR count). The van der Waals surface area contributed by atoms with Gasteiger partial charge in [0, 0.05) is 31.7 Å². The van der Waals surface area contributed by atoms with Crippen LogP contribution >= 0.6 is 0 Å². The number of benzene rings is 2. The largest absolute Gasteiger partial charge is 0.352 e. The van der Waals surface area contributed by atoms with Gasteiger partial charge in [-0.1, -0.05) is 30.3 Å². The number of carbonyl (C=O) groups excluding carboxylic acids is 1. The molecule has 0 fully saturated rings. The normalized spacial score (nSPS) is 14.3. The van der Waals surface area contributed by atoms with Crippen LogP contribution < -0.4 is 5.32 Å². The molecule has 1 heterocycles. The molecule has 0 saturated heterocycles. The van der Waals surface area contributed by atoms with E-state index in [0.29, 0.717) is 12.1 Å². The van der Waals surface area contributed by atoms with E-state index in [4.69, 9.17) is 0 Å². The SMILES string of the molecule is O=C(NCCCN1CCc2ccccc2C1)c1cccc(F)c1. The molecule has 4 heteroatoms. The number of carbonyl (C=O) groups is 1. The van der Waals surface area contributed by atoms with Gasteiger partial charge in [0.2, 0.25) is 0 Å². The highest BCUT2D eigenvalue weighted by Gasteiger charge is 2.15. The van der Waals surface area contributed by atoms with Gasteiger partial charge in [-0.2, -0.15) is 0 Å². The zero-order valence-electron chi connectivity index (χ0n) is 13.1. The van der Waals surface area contributed by atoms with Gasteiger partial charge >= 0.3 is 0 Å². The van der Waals surface area contributed by atoms with Crippen molar-refractivity contribution in [1.29, 1.82) is 0 Å². The summed E-state index contributed by atoms with van der Waals surface area (Å²) in [4.78, 5) is 14.3. The summed E-state index contributed by atoms with van der Waals surface area (Å²) in [5, 5.41) is 2.85. The van der Waals surface area contributed by atoms with E-state index < -0.39 is 0 Å². The Morgan fingerprint density at radius 3 is 2.78 bits per heavy atom. The number of fused-ring (bicyclic) bond motifs is 1. The van der Waals surface area contributed by atoms with E-state index >= 15 is 0 Å². The minimum absolute atomic E-state index is 0.214. The first kappa shape index (κ1) is 15.7. The van der Waals surface area contributed by atoms with Gasteiger partial charge in [0.1, 0.15) is 5.82 Å². The maximum atomic E-state index is 13.1. The second-order valence-corrected chi connectivity index (χ2v) is 5.91. The van der Waals surface area contributed by atoms with Crippen LogP contribution in [0.2, 0.25) is 0 Å². The first-order valence-electron chi connectivity index (χ1n) is 8.05. The quantitative estimate of drug-likeness (QED) is 0.861. The molecule has 0 aliphatic carbocycles. The standard InChI is InChI=1S/C19H21FN2O/c20-18-8-3-7-16(13-18)19(23)21-10-4-11-22-12-9-15-5-1-2-6-17(15)14-22/h1-3,5-8,13H,4,9-12,14H2,(H,21,23). The zero-order chi connectivity index (χ0) is 16.1. The first-order valence-corrected chi connectivity index (χ1v) is 8.05. The number of amides is 1. The number of nitrogens with zero attached hydrogens (tertiary/aromatic N) is 1. The monoisotopic (exact) mass is 312 g/mol. The van der Waals surface area contributed by atoms with Crippen LogP contribution in [-0.4, -0.2) is 30.4 Å². The maximum absolute atomic E-state index is 13.1. The van der Waals surface area contributed by atoms with Crippen molar-refractivity contribution in [2.75, 3.05) is 19.6 Å². The molecule has 0 atom stereocenters. The summed E-state index contributed by atoms with van der Waals surface area (Å²) in [6.45, 7) is 3.61. The van der Waals surface area contributed by atoms with Crippen LogP contribution in [0.5, 0.6) is 0 Å². The number of halogens is 1. The molecule has 1 N–H and O–H groups in total. The number of rotatable bonds is 5. The smallest absolute Gasteiger partial charge is 0.251 e. The van der Waals surface area contributed by atoms with Crippen LogP contribution in [0, 0.1) is 5.82 Å². The molecule has 2 aromatic carbocycles. The predicted molar refractivity (Wildman–Crippen MR) is 88.8 cm³/mol. The highest BCUT2D eigenvalue weighted by molar-refractivity contribution is 5.94. The number of hydrogen-bond donors (Lipinski definition) is 1. The second kappa shape index (κ2) is 7.38. The van der Waals surface area contributed by atoms with Gasteiger partial charge in [0.15, 0.2) is 0 Å². The second-order valence-electron chi connectivity index (χ2n) is 5.91. The van der Waals surface area contributed by atoms with E-state index in [1.54, 1.807) is 12.1 Å². The molecule has 0 unspecified atom stereocenters. The van der Waals surface area contributed by atoms with E-state index in [-0.39, 0.29) is 11.7 Å². The molecule has 23 heavy (non-hydrogen) atoms. The highest BCUT2D eigenvalue weighted by atomic mass is 19.1.